The summed E-state index contributed by atoms with van der Waals surface area (Å²) in [4.78, 5) is 30.2. The molecule has 4 nitrogen and oxygen atoms in total. The smallest absolute Gasteiger partial charge is 0.315 e. The number of pyridine rings is 1. The third kappa shape index (κ3) is 3.65. The zero-order valence-corrected chi connectivity index (χ0v) is 15.6. The Hall–Kier alpha value is -3.79. The Morgan fingerprint density at radius 1 is 0.759 bits per heavy atom. The molecule has 3 aromatic carbocycles. The van der Waals surface area contributed by atoms with Gasteiger partial charge in [0.25, 0.3) is 0 Å². The number of carbonyl (C=O) groups excluding carboxylic acids is 1. The zero-order valence-electron chi connectivity index (χ0n) is 15.6. The molecule has 0 saturated carbocycles. The standard InChI is InChI=1S/C25H19NO3/c27-24(19-12-5-2-6-13-19)22(25(28)29)21(18-10-3-1-4-11-18)23-20-14-8-7-9-17(20)15-16-26-23/h1-16,21-22H,(H,28,29)/t21-,22-/m0/s1. The lowest BCUT2D eigenvalue weighted by Crippen LogP contribution is -2.31. The SMILES string of the molecule is O=C(O)[C@H](C(=O)c1ccccc1)[C@H](c1ccccc1)c1nccc2ccccc12. The van der Waals surface area contributed by atoms with E-state index in [1.165, 1.54) is 0 Å². The van der Waals surface area contributed by atoms with E-state index in [4.69, 9.17) is 0 Å². The summed E-state index contributed by atoms with van der Waals surface area (Å²) in [7, 11) is 0. The number of aromatic nitrogens is 1. The molecular weight excluding hydrogens is 362 g/mol. The number of benzene rings is 3. The average molecular weight is 381 g/mol. The third-order valence-corrected chi connectivity index (χ3v) is 5.10. The molecule has 29 heavy (non-hydrogen) atoms. The zero-order chi connectivity index (χ0) is 20.2. The molecule has 4 heteroatoms. The first-order chi connectivity index (χ1) is 14.2. The van der Waals surface area contributed by atoms with Gasteiger partial charge in [0.05, 0.1) is 5.69 Å². The number of Topliss-reactive ketones (excluding diaryl/α,β-unsaturated/α-hetero) is 1. The molecule has 0 aliphatic carbocycles. The van der Waals surface area contributed by atoms with Crippen LogP contribution in [0.4, 0.5) is 0 Å². The van der Waals surface area contributed by atoms with Crippen molar-refractivity contribution in [2.75, 3.05) is 0 Å². The van der Waals surface area contributed by atoms with Crippen LogP contribution in [0.1, 0.15) is 27.5 Å². The molecule has 0 fully saturated rings. The first-order valence-electron chi connectivity index (χ1n) is 9.37. The van der Waals surface area contributed by atoms with Gasteiger partial charge in [0.2, 0.25) is 0 Å². The van der Waals surface area contributed by atoms with Gasteiger partial charge in [-0.05, 0) is 17.0 Å². The number of hydrogen-bond acceptors (Lipinski definition) is 3. The van der Waals surface area contributed by atoms with Crippen LogP contribution in [0.5, 0.6) is 0 Å². The lowest BCUT2D eigenvalue weighted by Gasteiger charge is -2.24. The molecule has 0 spiro atoms. The van der Waals surface area contributed by atoms with Crippen molar-refractivity contribution in [2.24, 2.45) is 5.92 Å². The van der Waals surface area contributed by atoms with Crippen LogP contribution in [0, 0.1) is 5.92 Å². The highest BCUT2D eigenvalue weighted by atomic mass is 16.4. The molecule has 2 atom stereocenters. The van der Waals surface area contributed by atoms with E-state index in [1.807, 2.05) is 60.7 Å². The van der Waals surface area contributed by atoms with Gasteiger partial charge < -0.3 is 5.11 Å². The van der Waals surface area contributed by atoms with Gasteiger partial charge in [0, 0.05) is 23.1 Å². The number of hydrogen-bond donors (Lipinski definition) is 1. The van der Waals surface area contributed by atoms with Crippen LogP contribution in [-0.2, 0) is 4.79 Å². The van der Waals surface area contributed by atoms with Gasteiger partial charge in [-0.2, -0.15) is 0 Å². The number of rotatable bonds is 6. The molecule has 1 N–H and O–H groups in total. The van der Waals surface area contributed by atoms with E-state index >= 15 is 0 Å². The van der Waals surface area contributed by atoms with E-state index < -0.39 is 23.6 Å². The monoisotopic (exact) mass is 381 g/mol. The number of nitrogens with zero attached hydrogens (tertiary/aromatic N) is 1. The van der Waals surface area contributed by atoms with Crippen molar-refractivity contribution < 1.29 is 14.7 Å². The van der Waals surface area contributed by atoms with Crippen LogP contribution in [0.3, 0.4) is 0 Å². The van der Waals surface area contributed by atoms with Crippen LogP contribution in [0.25, 0.3) is 10.8 Å². The number of carboxylic acids is 1. The molecule has 0 amide bonds. The molecule has 142 valence electrons. The lowest BCUT2D eigenvalue weighted by atomic mass is 9.78. The van der Waals surface area contributed by atoms with Crippen molar-refractivity contribution in [2.45, 2.75) is 5.92 Å². The van der Waals surface area contributed by atoms with Crippen molar-refractivity contribution in [3.05, 3.63) is 114 Å². The number of carboxylic acid groups (broad SMARTS) is 1. The fourth-order valence-electron chi connectivity index (χ4n) is 3.75. The molecule has 4 rings (SSSR count). The molecular formula is C25H19NO3. The number of aliphatic carboxylic acids is 1. The van der Waals surface area contributed by atoms with Crippen LogP contribution >= 0.6 is 0 Å². The summed E-state index contributed by atoms with van der Waals surface area (Å²) in [5.74, 6) is -3.60. The van der Waals surface area contributed by atoms with Crippen molar-refractivity contribution in [3.8, 4) is 0 Å². The Balaban J connectivity index is 1.94. The lowest BCUT2D eigenvalue weighted by molar-refractivity contribution is -0.140. The molecule has 0 aliphatic rings. The molecule has 0 aliphatic heterocycles. The van der Waals surface area contributed by atoms with Crippen LogP contribution in [-0.4, -0.2) is 21.8 Å². The van der Waals surface area contributed by atoms with Gasteiger partial charge in [-0.1, -0.05) is 84.9 Å². The summed E-state index contributed by atoms with van der Waals surface area (Å²) in [6.07, 6.45) is 1.67. The highest BCUT2D eigenvalue weighted by Gasteiger charge is 2.38. The highest BCUT2D eigenvalue weighted by Crippen LogP contribution is 2.36. The molecule has 1 aromatic heterocycles. The first kappa shape index (κ1) is 18.6. The van der Waals surface area contributed by atoms with E-state index in [0.717, 1.165) is 16.3 Å². The van der Waals surface area contributed by atoms with Crippen LogP contribution in [0.15, 0.2) is 97.2 Å². The minimum atomic E-state index is -1.29. The molecule has 0 unspecified atom stereocenters. The maximum Gasteiger partial charge on any atom is 0.315 e. The van der Waals surface area contributed by atoms with Gasteiger partial charge in [0.1, 0.15) is 5.92 Å². The Morgan fingerprint density at radius 3 is 2.07 bits per heavy atom. The van der Waals surface area contributed by atoms with Gasteiger partial charge in [-0.25, -0.2) is 0 Å². The summed E-state index contributed by atoms with van der Waals surface area (Å²) in [6.45, 7) is 0. The second-order valence-electron chi connectivity index (χ2n) is 6.85. The molecule has 0 saturated heterocycles. The predicted molar refractivity (Wildman–Crippen MR) is 112 cm³/mol. The molecule has 4 aromatic rings. The van der Waals surface area contributed by atoms with Gasteiger partial charge in [-0.3, -0.25) is 14.6 Å². The number of carbonyl (C=O) groups is 2. The van der Waals surface area contributed by atoms with E-state index in [1.54, 1.807) is 36.5 Å². The summed E-state index contributed by atoms with van der Waals surface area (Å²) < 4.78 is 0. The quantitative estimate of drug-likeness (QED) is 0.379. The summed E-state index contributed by atoms with van der Waals surface area (Å²) in [5, 5.41) is 11.9. The largest absolute Gasteiger partial charge is 0.481 e. The second kappa shape index (κ2) is 8.07. The topological polar surface area (TPSA) is 67.3 Å². The van der Waals surface area contributed by atoms with Crippen molar-refractivity contribution >= 4 is 22.5 Å². The summed E-state index contributed by atoms with van der Waals surface area (Å²) in [6, 6.07) is 27.4. The Morgan fingerprint density at radius 2 is 1.38 bits per heavy atom. The van der Waals surface area contributed by atoms with Gasteiger partial charge in [-0.15, -0.1) is 0 Å². The minimum absolute atomic E-state index is 0.376. The normalized spacial score (nSPS) is 13.0. The Bertz CT molecular complexity index is 1150. The highest BCUT2D eigenvalue weighted by molar-refractivity contribution is 6.09. The van der Waals surface area contributed by atoms with E-state index in [2.05, 4.69) is 4.98 Å². The van der Waals surface area contributed by atoms with Crippen molar-refractivity contribution in [3.63, 3.8) is 0 Å². The fourth-order valence-corrected chi connectivity index (χ4v) is 3.75. The Kier molecular flexibility index (Phi) is 5.16. The molecule has 1 heterocycles. The summed E-state index contributed by atoms with van der Waals surface area (Å²) >= 11 is 0. The maximum atomic E-state index is 13.3. The van der Waals surface area contributed by atoms with Crippen LogP contribution in [0.2, 0.25) is 0 Å². The van der Waals surface area contributed by atoms with Crippen molar-refractivity contribution in [1.82, 2.24) is 4.98 Å². The van der Waals surface area contributed by atoms with Gasteiger partial charge in [0.15, 0.2) is 5.78 Å². The number of fused-ring (bicyclic) bond motifs is 1. The average Bonchev–Trinajstić information content (AvgIpc) is 2.77. The van der Waals surface area contributed by atoms with Crippen LogP contribution < -0.4 is 0 Å². The van der Waals surface area contributed by atoms with E-state index in [-0.39, 0.29) is 0 Å². The predicted octanol–water partition coefficient (Wildman–Crippen LogP) is 4.95. The summed E-state index contributed by atoms with van der Waals surface area (Å²) in [5.41, 5.74) is 1.71. The Labute approximate surface area is 168 Å². The maximum absolute atomic E-state index is 13.3. The van der Waals surface area contributed by atoms with Gasteiger partial charge >= 0.3 is 5.97 Å². The third-order valence-electron chi connectivity index (χ3n) is 5.10. The minimum Gasteiger partial charge on any atom is -0.481 e. The van der Waals surface area contributed by atoms with Crippen molar-refractivity contribution in [1.29, 1.82) is 0 Å². The van der Waals surface area contributed by atoms with E-state index in [0.29, 0.717) is 11.3 Å². The molecule has 0 radical (unpaired) electrons. The fraction of sp³-hybridized carbons (Fsp3) is 0.0800. The first-order valence-corrected chi connectivity index (χ1v) is 9.37. The molecule has 0 bridgehead atoms. The van der Waals surface area contributed by atoms with E-state index in [9.17, 15) is 14.7 Å². The second-order valence-corrected chi connectivity index (χ2v) is 6.85. The number of ketones is 1.